The molecule has 3 aromatic heterocycles. The van der Waals surface area contributed by atoms with Gasteiger partial charge in [-0.1, -0.05) is 12.1 Å². The van der Waals surface area contributed by atoms with Gasteiger partial charge in [-0.05, 0) is 23.6 Å². The van der Waals surface area contributed by atoms with Crippen molar-refractivity contribution in [3.8, 4) is 0 Å². The van der Waals surface area contributed by atoms with E-state index in [0.717, 1.165) is 48.9 Å². The van der Waals surface area contributed by atoms with E-state index in [1.165, 1.54) is 0 Å². The maximum Gasteiger partial charge on any atom is 0.321 e. The van der Waals surface area contributed by atoms with Crippen LogP contribution in [0.2, 0.25) is 0 Å². The highest BCUT2D eigenvalue weighted by molar-refractivity contribution is 7.09. The molecule has 2 N–H and O–H groups in total. The van der Waals surface area contributed by atoms with Crippen molar-refractivity contribution in [2.75, 3.05) is 32.7 Å². The Bertz CT molecular complexity index is 929. The molecule has 0 bridgehead atoms. The highest BCUT2D eigenvalue weighted by Gasteiger charge is 2.20. The molecule has 8 nitrogen and oxygen atoms in total. The summed E-state index contributed by atoms with van der Waals surface area (Å²) in [6, 6.07) is 9.39. The van der Waals surface area contributed by atoms with Crippen LogP contribution in [0.15, 0.2) is 48.1 Å². The molecule has 1 aliphatic heterocycles. The standard InChI is InChI=1S/C20H24N6O2S/c27-19(23-20(28)21-12-17-4-3-11-29-17)15-25-9-7-24(8-10-25)13-16-14-26-6-2-1-5-18(26)22-16/h1-6,11,14H,7-10,12-13,15H2,(H2,21,23,27,28). The molecule has 4 rings (SSSR count). The molecule has 0 unspecified atom stereocenters. The van der Waals surface area contributed by atoms with E-state index < -0.39 is 6.03 Å². The van der Waals surface area contributed by atoms with E-state index in [0.29, 0.717) is 6.54 Å². The molecule has 0 radical (unpaired) electrons. The van der Waals surface area contributed by atoms with Gasteiger partial charge in [0.25, 0.3) is 0 Å². The normalized spacial score (nSPS) is 15.4. The Morgan fingerprint density at radius 3 is 2.66 bits per heavy atom. The number of pyridine rings is 1. The summed E-state index contributed by atoms with van der Waals surface area (Å²) in [4.78, 5) is 34.1. The lowest BCUT2D eigenvalue weighted by molar-refractivity contribution is -0.121. The molecule has 29 heavy (non-hydrogen) atoms. The van der Waals surface area contributed by atoms with Gasteiger partial charge in [-0.25, -0.2) is 9.78 Å². The van der Waals surface area contributed by atoms with Crippen LogP contribution in [-0.2, 0) is 17.9 Å². The van der Waals surface area contributed by atoms with E-state index >= 15 is 0 Å². The molecule has 0 atom stereocenters. The summed E-state index contributed by atoms with van der Waals surface area (Å²) in [7, 11) is 0. The van der Waals surface area contributed by atoms with Crippen molar-refractivity contribution in [1.29, 1.82) is 0 Å². The Balaban J connectivity index is 1.17. The molecule has 1 fully saturated rings. The van der Waals surface area contributed by atoms with Gasteiger partial charge in [-0.3, -0.25) is 19.9 Å². The first-order chi connectivity index (χ1) is 14.2. The minimum absolute atomic E-state index is 0.231. The van der Waals surface area contributed by atoms with Crippen molar-refractivity contribution in [2.24, 2.45) is 0 Å². The van der Waals surface area contributed by atoms with Crippen LogP contribution in [0.1, 0.15) is 10.6 Å². The van der Waals surface area contributed by atoms with Crippen molar-refractivity contribution >= 4 is 28.9 Å². The van der Waals surface area contributed by atoms with Crippen LogP contribution in [0, 0.1) is 0 Å². The van der Waals surface area contributed by atoms with Crippen LogP contribution in [0.25, 0.3) is 5.65 Å². The SMILES string of the molecule is O=C(CN1CCN(Cc2cn3ccccc3n2)CC1)NC(=O)NCc1cccs1. The van der Waals surface area contributed by atoms with Gasteiger partial charge in [0.15, 0.2) is 0 Å². The van der Waals surface area contributed by atoms with Crippen LogP contribution >= 0.6 is 11.3 Å². The van der Waals surface area contributed by atoms with Crippen molar-refractivity contribution in [1.82, 2.24) is 29.8 Å². The number of imide groups is 1. The number of amides is 3. The van der Waals surface area contributed by atoms with Crippen molar-refractivity contribution in [3.63, 3.8) is 0 Å². The number of carbonyl (C=O) groups is 2. The number of urea groups is 1. The molecule has 3 amide bonds. The summed E-state index contributed by atoms with van der Waals surface area (Å²) in [5.41, 5.74) is 2.00. The predicted molar refractivity (Wildman–Crippen MR) is 112 cm³/mol. The molecule has 1 saturated heterocycles. The molecule has 152 valence electrons. The maximum atomic E-state index is 12.1. The molecule has 0 aliphatic carbocycles. The van der Waals surface area contributed by atoms with Gasteiger partial charge in [0, 0.05) is 50.0 Å². The smallest absolute Gasteiger partial charge is 0.321 e. The number of hydrogen-bond acceptors (Lipinski definition) is 6. The van der Waals surface area contributed by atoms with E-state index in [-0.39, 0.29) is 12.5 Å². The largest absolute Gasteiger partial charge is 0.333 e. The quantitative estimate of drug-likeness (QED) is 0.642. The molecule has 3 aromatic rings. The lowest BCUT2D eigenvalue weighted by Crippen LogP contribution is -2.50. The summed E-state index contributed by atoms with van der Waals surface area (Å²) in [6.45, 7) is 4.77. The zero-order chi connectivity index (χ0) is 20.1. The molecule has 9 heteroatoms. The number of hydrogen-bond donors (Lipinski definition) is 2. The predicted octanol–water partition coefficient (Wildman–Crippen LogP) is 1.54. The highest BCUT2D eigenvalue weighted by Crippen LogP contribution is 2.10. The second kappa shape index (κ2) is 9.17. The molecule has 0 saturated carbocycles. The average Bonchev–Trinajstić information content (AvgIpc) is 3.37. The number of imidazole rings is 1. The summed E-state index contributed by atoms with van der Waals surface area (Å²) >= 11 is 1.57. The fourth-order valence-electron chi connectivity index (χ4n) is 3.39. The number of piperazine rings is 1. The van der Waals surface area contributed by atoms with Gasteiger partial charge in [-0.15, -0.1) is 11.3 Å². The summed E-state index contributed by atoms with van der Waals surface area (Å²) < 4.78 is 2.03. The first-order valence-corrected chi connectivity index (χ1v) is 10.5. The van der Waals surface area contributed by atoms with E-state index in [2.05, 4.69) is 31.6 Å². The number of thiophene rings is 1. The van der Waals surface area contributed by atoms with Crippen LogP contribution in [-0.4, -0.2) is 63.8 Å². The Morgan fingerprint density at radius 2 is 1.90 bits per heavy atom. The number of fused-ring (bicyclic) bond motifs is 1. The van der Waals surface area contributed by atoms with Crippen LogP contribution in [0.3, 0.4) is 0 Å². The minimum atomic E-state index is -0.450. The first kappa shape index (κ1) is 19.6. The Morgan fingerprint density at radius 1 is 1.07 bits per heavy atom. The lowest BCUT2D eigenvalue weighted by Gasteiger charge is -2.33. The second-order valence-corrected chi connectivity index (χ2v) is 8.09. The zero-order valence-electron chi connectivity index (χ0n) is 16.1. The first-order valence-electron chi connectivity index (χ1n) is 9.63. The van der Waals surface area contributed by atoms with Crippen molar-refractivity contribution in [3.05, 3.63) is 58.7 Å². The van der Waals surface area contributed by atoms with Gasteiger partial charge in [-0.2, -0.15) is 0 Å². The van der Waals surface area contributed by atoms with E-state index in [1.807, 2.05) is 46.3 Å². The number of nitrogens with one attached hydrogen (secondary N) is 2. The van der Waals surface area contributed by atoms with Gasteiger partial charge in [0.1, 0.15) is 5.65 Å². The van der Waals surface area contributed by atoms with Crippen LogP contribution in [0.4, 0.5) is 4.79 Å². The minimum Gasteiger partial charge on any atom is -0.333 e. The topological polar surface area (TPSA) is 82.0 Å². The van der Waals surface area contributed by atoms with E-state index in [1.54, 1.807) is 11.3 Å². The molecule has 0 spiro atoms. The second-order valence-electron chi connectivity index (χ2n) is 7.06. The van der Waals surface area contributed by atoms with E-state index in [9.17, 15) is 9.59 Å². The third-order valence-corrected chi connectivity index (χ3v) is 5.76. The maximum absolute atomic E-state index is 12.1. The Labute approximate surface area is 173 Å². The Hall–Kier alpha value is -2.75. The monoisotopic (exact) mass is 412 g/mol. The fraction of sp³-hybridized carbons (Fsp3) is 0.350. The number of rotatable bonds is 6. The third-order valence-electron chi connectivity index (χ3n) is 4.89. The number of carbonyl (C=O) groups excluding carboxylic acids is 2. The third kappa shape index (κ3) is 5.41. The molecular formula is C20H24N6O2S. The molecule has 4 heterocycles. The number of aromatic nitrogens is 2. The van der Waals surface area contributed by atoms with Crippen molar-refractivity contribution in [2.45, 2.75) is 13.1 Å². The molecular weight excluding hydrogens is 388 g/mol. The summed E-state index contributed by atoms with van der Waals surface area (Å²) in [5.74, 6) is -0.275. The van der Waals surface area contributed by atoms with Crippen molar-refractivity contribution < 1.29 is 9.59 Å². The van der Waals surface area contributed by atoms with Gasteiger partial charge in [0.2, 0.25) is 5.91 Å². The van der Waals surface area contributed by atoms with Crippen LogP contribution < -0.4 is 10.6 Å². The molecule has 1 aliphatic rings. The van der Waals surface area contributed by atoms with Gasteiger partial charge >= 0.3 is 6.03 Å². The summed E-state index contributed by atoms with van der Waals surface area (Å²) in [5, 5.41) is 7.06. The average molecular weight is 413 g/mol. The van der Waals surface area contributed by atoms with Gasteiger partial charge in [0.05, 0.1) is 18.8 Å². The Kier molecular flexibility index (Phi) is 6.18. The van der Waals surface area contributed by atoms with Gasteiger partial charge < -0.3 is 9.72 Å². The fourth-order valence-corrected chi connectivity index (χ4v) is 4.04. The lowest BCUT2D eigenvalue weighted by atomic mass is 10.3. The number of nitrogens with zero attached hydrogens (tertiary/aromatic N) is 4. The highest BCUT2D eigenvalue weighted by atomic mass is 32.1. The van der Waals surface area contributed by atoms with E-state index in [4.69, 9.17) is 0 Å². The van der Waals surface area contributed by atoms with Crippen LogP contribution in [0.5, 0.6) is 0 Å². The molecule has 0 aromatic carbocycles. The summed E-state index contributed by atoms with van der Waals surface area (Å²) in [6.07, 6.45) is 4.06. The zero-order valence-corrected chi connectivity index (χ0v) is 16.9.